The molecule has 10 bridgehead atoms. The van der Waals surface area contributed by atoms with Crippen molar-refractivity contribution in [3.05, 3.63) is 141 Å². The standard InChI is InChI=1S/C76H90N2O13S2/c79-36-46-9-4-7-43(24-46)25-47-27-57-63(84)52-11-6-12-58-62(52)65(85)75(57,59(83)28-47)60(15-19-71(88)16-2-1-3-17-71)93-92-42-78-61-31-56-54(35-77-61)48-29-49-34-70(39-69(33-50(70)37-80)22-21-68(38-69)18-13-45(32-68)23-44-8-5-10-51(82)26-44)40-72(49,56)64-53(30-48)55-14-20-74(90-58)67(87)76(64,89)66(86)73(55,41-81)91-74/h4-12,24,26-28,31,37,45,48-50,53,55,57,60,64,66-67,77-79,81-83,86-89H,1-3,13-23,25,29-30,32-36,38-42H2. The molecule has 6 spiro atoms. The molecule has 9 fully saturated rings. The number of ketones is 2. The Balaban J connectivity index is 0.795. The van der Waals surface area contributed by atoms with Crippen LogP contribution in [-0.2, 0) is 29.0 Å². The van der Waals surface area contributed by atoms with Crippen molar-refractivity contribution in [1.29, 1.82) is 0 Å². The SMILES string of the molecule is O=CC1CC2(CCC3(CCC(Cc4cccc(O)c4)C3)C2)CC12CC1CC3CC4C5CCC67Oc8cccc9c8C(=O)C8(C(O)=CC(Cc%10cccc(CO)c%10)=CC8C9=O)C(CCC8(O)CCCCC8)SSCNC8=CC(=C3CN8)C1(C2)C4C(O)(C6O)C(O)C5(CO)O7. The average Bonchev–Trinajstić information content (AvgIpc) is 1.63. The fraction of sp³-hybridized carbons (Fsp3) is 0.618. The van der Waals surface area contributed by atoms with Gasteiger partial charge in [-0.3, -0.25) is 9.59 Å². The van der Waals surface area contributed by atoms with Crippen LogP contribution in [0.25, 0.3) is 0 Å². The van der Waals surface area contributed by atoms with Crippen molar-refractivity contribution in [2.75, 3.05) is 19.0 Å². The molecule has 0 amide bonds. The molecule has 19 atom stereocenters. The summed E-state index contributed by atoms with van der Waals surface area (Å²) in [5, 5.41) is 107. The molecule has 4 heterocycles. The highest BCUT2D eigenvalue weighted by molar-refractivity contribution is 8.76. The summed E-state index contributed by atoms with van der Waals surface area (Å²) in [6, 6.07) is 20.0. The molecule has 10 N–H and O–H groups in total. The van der Waals surface area contributed by atoms with Crippen LogP contribution in [0.5, 0.6) is 11.5 Å². The second-order valence-electron chi connectivity index (χ2n) is 32.4. The van der Waals surface area contributed by atoms with Crippen LogP contribution in [0.1, 0.15) is 172 Å². The lowest BCUT2D eigenvalue weighted by Crippen LogP contribution is -2.88. The molecule has 93 heavy (non-hydrogen) atoms. The summed E-state index contributed by atoms with van der Waals surface area (Å²) in [5.74, 6) is -4.70. The molecular weight excluding hydrogens is 1210 g/mol. The fourth-order valence-corrected chi connectivity index (χ4v) is 27.4. The highest BCUT2D eigenvalue weighted by Gasteiger charge is 2.84. The van der Waals surface area contributed by atoms with Crippen LogP contribution < -0.4 is 15.4 Å². The Bertz CT molecular complexity index is 3750. The number of aliphatic hydroxyl groups is 7. The maximum Gasteiger partial charge on any atom is 0.240 e. The van der Waals surface area contributed by atoms with E-state index in [-0.39, 0.29) is 76.6 Å². The summed E-state index contributed by atoms with van der Waals surface area (Å²) >= 11 is 0. The lowest BCUT2D eigenvalue weighted by atomic mass is 9.42. The number of allylic oxidation sites excluding steroid dienone is 6. The van der Waals surface area contributed by atoms with Crippen LogP contribution in [0.3, 0.4) is 0 Å². The number of aldehydes is 1. The zero-order valence-electron chi connectivity index (χ0n) is 53.0. The topological polar surface area (TPSA) is 256 Å². The number of aromatic hydroxyl groups is 1. The number of rotatable bonds is 10. The van der Waals surface area contributed by atoms with Gasteiger partial charge >= 0.3 is 0 Å². The predicted octanol–water partition coefficient (Wildman–Crippen LogP) is 10.6. The van der Waals surface area contributed by atoms with Crippen LogP contribution >= 0.6 is 21.6 Å². The van der Waals surface area contributed by atoms with Crippen LogP contribution in [0.4, 0.5) is 0 Å². The summed E-state index contributed by atoms with van der Waals surface area (Å²) in [6.45, 7) is -0.340. The number of carbonyl (C=O) groups excluding carboxylic acids is 3. The van der Waals surface area contributed by atoms with E-state index >= 15 is 9.59 Å². The van der Waals surface area contributed by atoms with Crippen LogP contribution in [0.2, 0.25) is 0 Å². The third kappa shape index (κ3) is 8.83. The molecule has 15 nitrogen and oxygen atoms in total. The van der Waals surface area contributed by atoms with E-state index in [4.69, 9.17) is 9.47 Å². The van der Waals surface area contributed by atoms with Gasteiger partial charge in [-0.25, -0.2) is 0 Å². The van der Waals surface area contributed by atoms with Gasteiger partial charge in [-0.2, -0.15) is 0 Å². The Hall–Kier alpha value is -4.95. The van der Waals surface area contributed by atoms with E-state index in [1.54, 1.807) is 30.3 Å². The maximum atomic E-state index is 16.8. The van der Waals surface area contributed by atoms with Gasteiger partial charge in [0.25, 0.3) is 0 Å². The Kier molecular flexibility index (Phi) is 14.4. The number of benzene rings is 3. The van der Waals surface area contributed by atoms with Gasteiger partial charge in [0, 0.05) is 41.0 Å². The Morgan fingerprint density at radius 3 is 2.41 bits per heavy atom. The number of carbonyl (C=O) groups is 3. The largest absolute Gasteiger partial charge is 0.511 e. The lowest BCUT2D eigenvalue weighted by molar-refractivity contribution is -0.461. The molecule has 18 rings (SSSR count). The number of ether oxygens (including phenoxy) is 2. The number of hydrogen-bond acceptors (Lipinski definition) is 17. The molecule has 0 aromatic heterocycles. The maximum absolute atomic E-state index is 16.8. The smallest absolute Gasteiger partial charge is 0.240 e. The molecule has 11 aliphatic carbocycles. The van der Waals surface area contributed by atoms with E-state index in [9.17, 15) is 45.6 Å². The van der Waals surface area contributed by atoms with Crippen molar-refractivity contribution < 1.29 is 64.7 Å². The van der Waals surface area contributed by atoms with Gasteiger partial charge in [-0.1, -0.05) is 95.5 Å². The van der Waals surface area contributed by atoms with Crippen molar-refractivity contribution in [1.82, 2.24) is 10.6 Å². The number of dihydropyridines is 1. The highest BCUT2D eigenvalue weighted by atomic mass is 33.1. The second kappa shape index (κ2) is 21.8. The summed E-state index contributed by atoms with van der Waals surface area (Å²) in [4.78, 5) is 47.1. The van der Waals surface area contributed by atoms with Gasteiger partial charge in [0.1, 0.15) is 46.3 Å². The normalized spacial score (nSPS) is 43.7. The molecule has 15 aliphatic rings. The zero-order valence-corrected chi connectivity index (χ0v) is 54.7. The number of hydrogen-bond donors (Lipinski definition) is 10. The molecule has 17 heteroatoms. The fourth-order valence-electron chi connectivity index (χ4n) is 24.6. The van der Waals surface area contributed by atoms with Crippen molar-refractivity contribution in [3.63, 3.8) is 0 Å². The Morgan fingerprint density at radius 1 is 0.785 bits per heavy atom. The van der Waals surface area contributed by atoms with Crippen molar-refractivity contribution in [3.8, 4) is 11.5 Å². The minimum absolute atomic E-state index is 0.0146. The number of nitrogens with one attached hydrogen (secondary N) is 2. The van der Waals surface area contributed by atoms with E-state index in [0.29, 0.717) is 80.2 Å². The van der Waals surface area contributed by atoms with Crippen LogP contribution in [0, 0.1) is 74.4 Å². The Labute approximate surface area is 552 Å². The van der Waals surface area contributed by atoms with E-state index in [1.165, 1.54) is 39.0 Å². The van der Waals surface area contributed by atoms with Crippen molar-refractivity contribution in [2.24, 2.45) is 74.4 Å². The number of phenols is 1. The van der Waals surface area contributed by atoms with E-state index in [0.717, 1.165) is 107 Å². The van der Waals surface area contributed by atoms with E-state index in [2.05, 4.69) is 22.8 Å². The number of phenolic OH excluding ortho intramolecular Hbond substituents is 1. The average molecular weight is 1300 g/mol. The minimum Gasteiger partial charge on any atom is -0.511 e. The summed E-state index contributed by atoms with van der Waals surface area (Å²) in [5.41, 5.74) is -2.65. The van der Waals surface area contributed by atoms with Crippen molar-refractivity contribution in [2.45, 2.75) is 194 Å². The van der Waals surface area contributed by atoms with Gasteiger partial charge < -0.3 is 65.8 Å². The Morgan fingerprint density at radius 2 is 1.59 bits per heavy atom. The first-order valence-corrected chi connectivity index (χ1v) is 37.5. The van der Waals surface area contributed by atoms with E-state index < -0.39 is 92.2 Å². The molecule has 19 unspecified atom stereocenters. The highest BCUT2D eigenvalue weighted by Crippen LogP contribution is 2.81. The quantitative estimate of drug-likeness (QED) is 0.0669. The lowest BCUT2D eigenvalue weighted by Gasteiger charge is -2.72. The number of aliphatic hydroxyl groups excluding tert-OH is 5. The van der Waals surface area contributed by atoms with Gasteiger partial charge in [0.05, 0.1) is 42.0 Å². The zero-order chi connectivity index (χ0) is 63.9. The minimum atomic E-state index is -2.39. The molecular formula is C76H90N2O13S2. The molecule has 2 saturated heterocycles. The van der Waals surface area contributed by atoms with Gasteiger partial charge in [0.15, 0.2) is 17.7 Å². The first-order valence-electron chi connectivity index (χ1n) is 35.1. The summed E-state index contributed by atoms with van der Waals surface area (Å²) in [6.07, 6.45) is 20.5. The first kappa shape index (κ1) is 61.6. The monoisotopic (exact) mass is 1300 g/mol. The van der Waals surface area contributed by atoms with Gasteiger partial charge in [-0.15, -0.1) is 0 Å². The second-order valence-corrected chi connectivity index (χ2v) is 35.0. The summed E-state index contributed by atoms with van der Waals surface area (Å²) < 4.78 is 14.6. The van der Waals surface area contributed by atoms with Gasteiger partial charge in [0.2, 0.25) is 5.79 Å². The van der Waals surface area contributed by atoms with E-state index in [1.807, 2.05) is 42.5 Å². The van der Waals surface area contributed by atoms with Gasteiger partial charge in [-0.05, 0) is 232 Å². The van der Waals surface area contributed by atoms with Crippen molar-refractivity contribution >= 4 is 39.4 Å². The molecule has 0 radical (unpaired) electrons. The third-order valence-electron chi connectivity index (χ3n) is 27.9. The molecule has 3 aromatic carbocycles. The third-order valence-corrected chi connectivity index (χ3v) is 30.6. The van der Waals surface area contributed by atoms with Crippen LogP contribution in [-0.4, -0.2) is 118 Å². The predicted molar refractivity (Wildman–Crippen MR) is 351 cm³/mol. The molecule has 4 aliphatic heterocycles. The summed E-state index contributed by atoms with van der Waals surface area (Å²) in [7, 11) is 2.92. The van der Waals surface area contributed by atoms with Crippen LogP contribution in [0.15, 0.2) is 113 Å². The molecule has 7 saturated carbocycles. The first-order chi connectivity index (χ1) is 44.8. The molecule has 494 valence electrons. The molecule has 3 aromatic rings. The number of Topliss-reactive ketones (excluding diaryl/α,β-unsaturated/α-hetero) is 2.